The molecule has 1 aromatic rings. The smallest absolute Gasteiger partial charge is 0.328 e. The first-order chi connectivity index (χ1) is 8.13. The molecule has 0 aliphatic heterocycles. The molecule has 0 unspecified atom stereocenters. The summed E-state index contributed by atoms with van der Waals surface area (Å²) in [4.78, 5) is 10.5. The van der Waals surface area contributed by atoms with Crippen LogP contribution in [0.4, 0.5) is 0 Å². The number of ether oxygens (including phenoxy) is 3. The van der Waals surface area contributed by atoms with Crippen LogP contribution in [-0.2, 0) is 4.79 Å². The number of rotatable bonds is 5. The van der Waals surface area contributed by atoms with E-state index in [4.69, 9.17) is 19.3 Å². The molecule has 1 aromatic carbocycles. The first-order valence-corrected chi connectivity index (χ1v) is 4.84. The summed E-state index contributed by atoms with van der Waals surface area (Å²) in [5.41, 5.74) is 0.604. The summed E-state index contributed by atoms with van der Waals surface area (Å²) in [6, 6.07) is 3.38. The number of aliphatic carboxylic acids is 1. The van der Waals surface area contributed by atoms with Gasteiger partial charge >= 0.3 is 5.97 Å². The van der Waals surface area contributed by atoms with Crippen molar-refractivity contribution in [2.24, 2.45) is 0 Å². The Morgan fingerprint density at radius 3 is 2.24 bits per heavy atom. The summed E-state index contributed by atoms with van der Waals surface area (Å²) in [7, 11) is 4.49. The van der Waals surface area contributed by atoms with E-state index in [2.05, 4.69) is 0 Å². The molecule has 1 N–H and O–H groups in total. The fourth-order valence-corrected chi connectivity index (χ4v) is 1.42. The Kier molecular flexibility index (Phi) is 4.39. The summed E-state index contributed by atoms with van der Waals surface area (Å²) >= 11 is 0. The highest BCUT2D eigenvalue weighted by atomic mass is 16.5. The van der Waals surface area contributed by atoms with E-state index >= 15 is 0 Å². The first-order valence-electron chi connectivity index (χ1n) is 4.84. The maximum absolute atomic E-state index is 10.5. The zero-order valence-corrected chi connectivity index (χ0v) is 9.89. The fourth-order valence-electron chi connectivity index (χ4n) is 1.42. The van der Waals surface area contributed by atoms with E-state index in [0.29, 0.717) is 22.8 Å². The monoisotopic (exact) mass is 238 g/mol. The summed E-state index contributed by atoms with van der Waals surface area (Å²) in [6.45, 7) is 0. The molecule has 0 radical (unpaired) electrons. The number of carboxylic acids is 1. The molecular formula is C12H14O5. The van der Waals surface area contributed by atoms with Crippen LogP contribution in [0.2, 0.25) is 0 Å². The van der Waals surface area contributed by atoms with Gasteiger partial charge in [-0.1, -0.05) is 0 Å². The average molecular weight is 238 g/mol. The topological polar surface area (TPSA) is 65.0 Å². The maximum Gasteiger partial charge on any atom is 0.328 e. The number of benzene rings is 1. The summed E-state index contributed by atoms with van der Waals surface area (Å²) in [5, 5.41) is 8.58. The van der Waals surface area contributed by atoms with Crippen LogP contribution in [0.5, 0.6) is 17.2 Å². The predicted molar refractivity (Wildman–Crippen MR) is 62.8 cm³/mol. The molecule has 5 nitrogen and oxygen atoms in total. The van der Waals surface area contributed by atoms with E-state index in [0.717, 1.165) is 6.08 Å². The van der Waals surface area contributed by atoms with Gasteiger partial charge in [0, 0.05) is 11.6 Å². The molecule has 0 heterocycles. The van der Waals surface area contributed by atoms with Gasteiger partial charge in [0.2, 0.25) is 5.75 Å². The third-order valence-corrected chi connectivity index (χ3v) is 2.14. The second kappa shape index (κ2) is 5.79. The minimum absolute atomic E-state index is 0.433. The van der Waals surface area contributed by atoms with Gasteiger partial charge in [0.15, 0.2) is 11.5 Å². The van der Waals surface area contributed by atoms with Crippen molar-refractivity contribution in [3.8, 4) is 17.2 Å². The van der Waals surface area contributed by atoms with Crippen molar-refractivity contribution < 1.29 is 24.1 Å². The van der Waals surface area contributed by atoms with Gasteiger partial charge in [0.05, 0.1) is 21.3 Å². The molecule has 17 heavy (non-hydrogen) atoms. The molecule has 0 amide bonds. The second-order valence-electron chi connectivity index (χ2n) is 3.10. The third-order valence-electron chi connectivity index (χ3n) is 2.14. The van der Waals surface area contributed by atoms with Crippen LogP contribution in [0.15, 0.2) is 18.2 Å². The standard InChI is InChI=1S/C12H14O5/c1-15-9-6-4-8(5-7-10(13)14)11(16-2)12(9)17-3/h4-7H,1-3H3,(H,13,14)/b7-5-. The van der Waals surface area contributed by atoms with E-state index in [1.54, 1.807) is 12.1 Å². The lowest BCUT2D eigenvalue weighted by Gasteiger charge is -2.13. The van der Waals surface area contributed by atoms with Crippen LogP contribution < -0.4 is 14.2 Å². The van der Waals surface area contributed by atoms with E-state index < -0.39 is 5.97 Å². The lowest BCUT2D eigenvalue weighted by Crippen LogP contribution is -1.97. The zero-order valence-electron chi connectivity index (χ0n) is 9.89. The molecule has 1 rings (SSSR count). The van der Waals surface area contributed by atoms with Gasteiger partial charge < -0.3 is 19.3 Å². The highest BCUT2D eigenvalue weighted by molar-refractivity contribution is 5.86. The minimum atomic E-state index is -1.03. The third kappa shape index (κ3) is 2.90. The summed E-state index contributed by atoms with van der Waals surface area (Å²) in [6.07, 6.45) is 2.47. The van der Waals surface area contributed by atoms with Crippen LogP contribution in [0.1, 0.15) is 5.56 Å². The molecule has 0 aliphatic carbocycles. The maximum atomic E-state index is 10.5. The lowest BCUT2D eigenvalue weighted by molar-refractivity contribution is -0.131. The second-order valence-corrected chi connectivity index (χ2v) is 3.10. The Morgan fingerprint density at radius 2 is 1.76 bits per heavy atom. The van der Waals surface area contributed by atoms with Crippen LogP contribution in [0, 0.1) is 0 Å². The van der Waals surface area contributed by atoms with Crippen LogP contribution in [0.25, 0.3) is 6.08 Å². The van der Waals surface area contributed by atoms with Crippen molar-refractivity contribution >= 4 is 12.0 Å². The molecule has 0 atom stereocenters. The van der Waals surface area contributed by atoms with Crippen LogP contribution in [-0.4, -0.2) is 32.4 Å². The predicted octanol–water partition coefficient (Wildman–Crippen LogP) is 1.81. The molecule has 0 aromatic heterocycles. The van der Waals surface area contributed by atoms with Crippen molar-refractivity contribution in [1.29, 1.82) is 0 Å². The average Bonchev–Trinajstić information content (AvgIpc) is 2.34. The van der Waals surface area contributed by atoms with Crippen molar-refractivity contribution in [3.05, 3.63) is 23.8 Å². The molecule has 92 valence electrons. The Balaban J connectivity index is 3.28. The Labute approximate surface area is 99.2 Å². The van der Waals surface area contributed by atoms with Gasteiger partial charge in [-0.25, -0.2) is 4.79 Å². The number of methoxy groups -OCH3 is 3. The van der Waals surface area contributed by atoms with Gasteiger partial charge in [-0.2, -0.15) is 0 Å². The van der Waals surface area contributed by atoms with Crippen LogP contribution in [0.3, 0.4) is 0 Å². The Morgan fingerprint density at radius 1 is 1.12 bits per heavy atom. The van der Waals surface area contributed by atoms with Crippen LogP contribution >= 0.6 is 0 Å². The van der Waals surface area contributed by atoms with Gasteiger partial charge in [-0.15, -0.1) is 0 Å². The molecule has 0 saturated carbocycles. The molecule has 0 bridgehead atoms. The van der Waals surface area contributed by atoms with Gasteiger partial charge in [0.25, 0.3) is 0 Å². The quantitative estimate of drug-likeness (QED) is 0.792. The zero-order chi connectivity index (χ0) is 12.8. The van der Waals surface area contributed by atoms with Gasteiger partial charge in [-0.3, -0.25) is 0 Å². The van der Waals surface area contributed by atoms with Crippen molar-refractivity contribution in [2.45, 2.75) is 0 Å². The summed E-state index contributed by atoms with van der Waals surface area (Å²) < 4.78 is 15.5. The Bertz CT molecular complexity index is 437. The number of hydrogen-bond donors (Lipinski definition) is 1. The minimum Gasteiger partial charge on any atom is -0.493 e. The van der Waals surface area contributed by atoms with E-state index in [-0.39, 0.29) is 0 Å². The number of carboxylic acid groups (broad SMARTS) is 1. The van der Waals surface area contributed by atoms with E-state index in [1.807, 2.05) is 0 Å². The highest BCUT2D eigenvalue weighted by Gasteiger charge is 2.14. The molecule has 0 spiro atoms. The summed E-state index contributed by atoms with van der Waals surface area (Å²) in [5.74, 6) is 0.366. The SMILES string of the molecule is COc1ccc(/C=C\C(=O)O)c(OC)c1OC. The molecule has 0 aliphatic rings. The van der Waals surface area contributed by atoms with Crippen molar-refractivity contribution in [1.82, 2.24) is 0 Å². The normalized spacial score (nSPS) is 10.3. The molecular weight excluding hydrogens is 224 g/mol. The van der Waals surface area contributed by atoms with E-state index in [1.165, 1.54) is 27.4 Å². The first kappa shape index (κ1) is 12.9. The molecule has 0 fully saturated rings. The van der Waals surface area contributed by atoms with Gasteiger partial charge in [0.1, 0.15) is 0 Å². The number of carbonyl (C=O) groups is 1. The lowest BCUT2D eigenvalue weighted by atomic mass is 10.1. The van der Waals surface area contributed by atoms with Crippen molar-refractivity contribution in [2.75, 3.05) is 21.3 Å². The van der Waals surface area contributed by atoms with Gasteiger partial charge in [-0.05, 0) is 18.2 Å². The van der Waals surface area contributed by atoms with Crippen molar-refractivity contribution in [3.63, 3.8) is 0 Å². The Hall–Kier alpha value is -2.17. The molecule has 0 saturated heterocycles. The largest absolute Gasteiger partial charge is 0.493 e. The van der Waals surface area contributed by atoms with E-state index in [9.17, 15) is 4.79 Å². The fraction of sp³-hybridized carbons (Fsp3) is 0.250. The number of hydrogen-bond acceptors (Lipinski definition) is 4. The highest BCUT2D eigenvalue weighted by Crippen LogP contribution is 2.40. The molecule has 5 heteroatoms.